The van der Waals surface area contributed by atoms with Gasteiger partial charge in [0.1, 0.15) is 5.82 Å². The van der Waals surface area contributed by atoms with E-state index in [9.17, 15) is 0 Å². The molecule has 2 aromatic rings. The second-order valence-electron chi connectivity index (χ2n) is 3.92. The lowest BCUT2D eigenvalue weighted by molar-refractivity contribution is 0.704. The number of aromatic amines is 1. The molecule has 2 rings (SSSR count). The van der Waals surface area contributed by atoms with Crippen molar-refractivity contribution in [2.75, 3.05) is 16.8 Å². The van der Waals surface area contributed by atoms with Gasteiger partial charge in [-0.3, -0.25) is 0 Å². The van der Waals surface area contributed by atoms with Crippen molar-refractivity contribution in [2.24, 2.45) is 0 Å². The van der Waals surface area contributed by atoms with Gasteiger partial charge in [0.05, 0.1) is 17.4 Å². The first-order valence-corrected chi connectivity index (χ1v) is 5.61. The number of nitrogens with one attached hydrogen (secondary N) is 2. The maximum atomic E-state index is 5.77. The standard InChI is InChI=1S/C12H17N5/c1-2-11(12-15-5-6-16-12)17-8-3-4-9(13)10(14)7-8/h3-7,11,17H,2,13-14H2,1H3,(H,15,16). The van der Waals surface area contributed by atoms with Crippen LogP contribution in [0.2, 0.25) is 0 Å². The normalized spacial score (nSPS) is 12.3. The van der Waals surface area contributed by atoms with Crippen LogP contribution in [0.1, 0.15) is 25.2 Å². The lowest BCUT2D eigenvalue weighted by Gasteiger charge is -2.16. The first-order chi connectivity index (χ1) is 8.20. The van der Waals surface area contributed by atoms with Crippen molar-refractivity contribution in [3.8, 4) is 0 Å². The summed E-state index contributed by atoms with van der Waals surface area (Å²) in [5.74, 6) is 0.919. The fraction of sp³-hybridized carbons (Fsp3) is 0.250. The number of imidazole rings is 1. The van der Waals surface area contributed by atoms with Gasteiger partial charge in [-0.25, -0.2) is 4.98 Å². The molecule has 0 aliphatic heterocycles. The number of hydrogen-bond acceptors (Lipinski definition) is 4. The lowest BCUT2D eigenvalue weighted by atomic mass is 10.2. The Morgan fingerprint density at radius 2 is 2.18 bits per heavy atom. The summed E-state index contributed by atoms with van der Waals surface area (Å²) in [5.41, 5.74) is 13.6. The van der Waals surface area contributed by atoms with E-state index in [1.165, 1.54) is 0 Å². The summed E-state index contributed by atoms with van der Waals surface area (Å²) in [6.07, 6.45) is 4.49. The molecule has 0 bridgehead atoms. The Balaban J connectivity index is 2.16. The van der Waals surface area contributed by atoms with E-state index in [0.29, 0.717) is 11.4 Å². The number of nitrogen functional groups attached to an aromatic ring is 2. The molecular weight excluding hydrogens is 214 g/mol. The Morgan fingerprint density at radius 3 is 2.76 bits per heavy atom. The number of aromatic nitrogens is 2. The second-order valence-corrected chi connectivity index (χ2v) is 3.92. The van der Waals surface area contributed by atoms with Gasteiger partial charge in [0.25, 0.3) is 0 Å². The molecule has 0 spiro atoms. The maximum Gasteiger partial charge on any atom is 0.128 e. The van der Waals surface area contributed by atoms with E-state index in [-0.39, 0.29) is 6.04 Å². The van der Waals surface area contributed by atoms with Crippen LogP contribution in [-0.4, -0.2) is 9.97 Å². The third-order valence-electron chi connectivity index (χ3n) is 2.69. The van der Waals surface area contributed by atoms with Crippen molar-refractivity contribution >= 4 is 17.1 Å². The summed E-state index contributed by atoms with van der Waals surface area (Å²) >= 11 is 0. The van der Waals surface area contributed by atoms with E-state index in [1.54, 1.807) is 12.3 Å². The molecule has 17 heavy (non-hydrogen) atoms. The van der Waals surface area contributed by atoms with Crippen molar-refractivity contribution in [1.29, 1.82) is 0 Å². The molecule has 90 valence electrons. The average Bonchev–Trinajstić information content (AvgIpc) is 2.84. The smallest absolute Gasteiger partial charge is 0.128 e. The fourth-order valence-electron chi connectivity index (χ4n) is 1.70. The van der Waals surface area contributed by atoms with E-state index < -0.39 is 0 Å². The highest BCUT2D eigenvalue weighted by Crippen LogP contribution is 2.24. The molecule has 5 heteroatoms. The molecule has 0 saturated carbocycles. The molecule has 0 saturated heterocycles. The van der Waals surface area contributed by atoms with Gasteiger partial charge in [-0.1, -0.05) is 6.92 Å². The summed E-state index contributed by atoms with van der Waals surface area (Å²) in [6.45, 7) is 2.10. The van der Waals surface area contributed by atoms with Crippen molar-refractivity contribution in [1.82, 2.24) is 9.97 Å². The van der Waals surface area contributed by atoms with Gasteiger partial charge >= 0.3 is 0 Å². The van der Waals surface area contributed by atoms with Crippen LogP contribution < -0.4 is 16.8 Å². The third-order valence-corrected chi connectivity index (χ3v) is 2.69. The minimum Gasteiger partial charge on any atom is -0.397 e. The Hall–Kier alpha value is -2.17. The molecule has 5 nitrogen and oxygen atoms in total. The van der Waals surface area contributed by atoms with E-state index in [2.05, 4.69) is 22.2 Å². The summed E-state index contributed by atoms with van der Waals surface area (Å²) in [5, 5.41) is 3.37. The Kier molecular flexibility index (Phi) is 3.18. The first-order valence-electron chi connectivity index (χ1n) is 5.61. The van der Waals surface area contributed by atoms with Crippen LogP contribution >= 0.6 is 0 Å². The Morgan fingerprint density at radius 1 is 1.35 bits per heavy atom. The number of nitrogens with two attached hydrogens (primary N) is 2. The van der Waals surface area contributed by atoms with Crippen LogP contribution in [0.15, 0.2) is 30.6 Å². The van der Waals surface area contributed by atoms with Crippen molar-refractivity contribution < 1.29 is 0 Å². The van der Waals surface area contributed by atoms with Crippen LogP contribution in [0.4, 0.5) is 17.1 Å². The molecule has 0 radical (unpaired) electrons. The van der Waals surface area contributed by atoms with Gasteiger partial charge in [0.2, 0.25) is 0 Å². The molecule has 0 aliphatic rings. The molecule has 0 aliphatic carbocycles. The number of nitrogens with zero attached hydrogens (tertiary/aromatic N) is 1. The fourth-order valence-corrected chi connectivity index (χ4v) is 1.70. The van der Waals surface area contributed by atoms with Crippen LogP contribution in [0, 0.1) is 0 Å². The first kappa shape index (κ1) is 11.3. The molecule has 0 fully saturated rings. The third kappa shape index (κ3) is 2.50. The highest BCUT2D eigenvalue weighted by molar-refractivity contribution is 5.69. The highest BCUT2D eigenvalue weighted by Gasteiger charge is 2.11. The van der Waals surface area contributed by atoms with Gasteiger partial charge < -0.3 is 21.8 Å². The molecule has 0 amide bonds. The van der Waals surface area contributed by atoms with Gasteiger partial charge in [-0.15, -0.1) is 0 Å². The molecular formula is C12H17N5. The monoisotopic (exact) mass is 231 g/mol. The topological polar surface area (TPSA) is 92.8 Å². The molecule has 1 atom stereocenters. The van der Waals surface area contributed by atoms with Gasteiger partial charge in [-0.05, 0) is 24.6 Å². The summed E-state index contributed by atoms with van der Waals surface area (Å²) < 4.78 is 0. The predicted octanol–water partition coefficient (Wildman–Crippen LogP) is 2.14. The molecule has 6 N–H and O–H groups in total. The maximum absolute atomic E-state index is 5.77. The molecule has 1 aromatic carbocycles. The Bertz CT molecular complexity index is 478. The zero-order valence-electron chi connectivity index (χ0n) is 9.77. The number of anilines is 3. The molecule has 1 aromatic heterocycles. The average molecular weight is 231 g/mol. The second kappa shape index (κ2) is 4.78. The van der Waals surface area contributed by atoms with E-state index in [4.69, 9.17) is 11.5 Å². The molecule has 1 unspecified atom stereocenters. The van der Waals surface area contributed by atoms with Crippen LogP contribution in [0.3, 0.4) is 0 Å². The summed E-state index contributed by atoms with van der Waals surface area (Å²) in [7, 11) is 0. The Labute approximate surface area is 100 Å². The van der Waals surface area contributed by atoms with Crippen LogP contribution in [-0.2, 0) is 0 Å². The lowest BCUT2D eigenvalue weighted by Crippen LogP contribution is -2.11. The van der Waals surface area contributed by atoms with Gasteiger partial charge in [0, 0.05) is 18.1 Å². The van der Waals surface area contributed by atoms with Gasteiger partial charge in [0.15, 0.2) is 0 Å². The zero-order valence-corrected chi connectivity index (χ0v) is 9.77. The van der Waals surface area contributed by atoms with Crippen molar-refractivity contribution in [3.05, 3.63) is 36.4 Å². The van der Waals surface area contributed by atoms with E-state index in [0.717, 1.165) is 17.9 Å². The highest BCUT2D eigenvalue weighted by atomic mass is 15.0. The largest absolute Gasteiger partial charge is 0.397 e. The summed E-state index contributed by atoms with van der Waals surface area (Å²) in [6, 6.07) is 5.69. The van der Waals surface area contributed by atoms with Crippen LogP contribution in [0.5, 0.6) is 0 Å². The number of hydrogen-bond donors (Lipinski definition) is 4. The zero-order chi connectivity index (χ0) is 12.3. The quantitative estimate of drug-likeness (QED) is 0.606. The minimum atomic E-state index is 0.146. The van der Waals surface area contributed by atoms with Crippen LogP contribution in [0.25, 0.3) is 0 Å². The van der Waals surface area contributed by atoms with E-state index in [1.807, 2.05) is 18.3 Å². The molecule has 1 heterocycles. The number of rotatable bonds is 4. The summed E-state index contributed by atoms with van der Waals surface area (Å²) in [4.78, 5) is 7.35. The van der Waals surface area contributed by atoms with Gasteiger partial charge in [-0.2, -0.15) is 0 Å². The number of H-pyrrole nitrogens is 1. The number of benzene rings is 1. The predicted molar refractivity (Wildman–Crippen MR) is 70.5 cm³/mol. The van der Waals surface area contributed by atoms with Crippen molar-refractivity contribution in [2.45, 2.75) is 19.4 Å². The minimum absolute atomic E-state index is 0.146. The van der Waals surface area contributed by atoms with Crippen molar-refractivity contribution in [3.63, 3.8) is 0 Å². The van der Waals surface area contributed by atoms with E-state index >= 15 is 0 Å². The SMILES string of the molecule is CCC(Nc1ccc(N)c(N)c1)c1ncc[nH]1.